The molecule has 1 N–H and O–H groups in total. The van der Waals surface area contributed by atoms with E-state index in [0.29, 0.717) is 58.5 Å². The fourth-order valence-corrected chi connectivity index (χ4v) is 7.64. The molecule has 10 nitrogen and oxygen atoms in total. The summed E-state index contributed by atoms with van der Waals surface area (Å²) in [7, 11) is 10.6. The van der Waals surface area contributed by atoms with Crippen molar-refractivity contribution in [3.05, 3.63) is 105 Å². The summed E-state index contributed by atoms with van der Waals surface area (Å²) in [5.41, 5.74) is 7.77. The van der Waals surface area contributed by atoms with Crippen LogP contribution < -0.4 is 18.9 Å². The Morgan fingerprint density at radius 3 is 2.24 bits per heavy atom. The topological polar surface area (TPSA) is 93.2 Å². The first kappa shape index (κ1) is 33.9. The number of carbonyl (C=O) groups is 1. The standard InChI is InChI=1S/C40H45N3O7/c1-41-15-13-26-21-35(46-4)36-22-31(26)32(41)18-25-9-12-30(40(45)43(3)48-6)34(19-25)49-29-10-7-24(8-11-29)17-33-37-27(14-16-42(33)2)20-28(23-44)38(47-5)39(37)50-36/h7-12,19-22,32-33,44H,13-18,23H2,1-6H3/t32-,33+/m1/s1. The maximum absolute atomic E-state index is 13.4. The Morgan fingerprint density at radius 2 is 1.54 bits per heavy atom. The third-order valence-corrected chi connectivity index (χ3v) is 10.5. The first-order valence-corrected chi connectivity index (χ1v) is 17.1. The number of likely N-dealkylation sites (N-methyl/N-ethyl adjacent to an activating group) is 2. The molecule has 6 bridgehead atoms. The van der Waals surface area contributed by atoms with Crippen LogP contribution in [0.4, 0.5) is 0 Å². The number of aliphatic hydroxyl groups is 1. The lowest BCUT2D eigenvalue weighted by Gasteiger charge is -2.37. The van der Waals surface area contributed by atoms with Crippen LogP contribution in [0.1, 0.15) is 61.4 Å². The van der Waals surface area contributed by atoms with Crippen molar-refractivity contribution in [1.82, 2.24) is 14.9 Å². The van der Waals surface area contributed by atoms with E-state index in [-0.39, 0.29) is 24.6 Å². The van der Waals surface area contributed by atoms with Gasteiger partial charge in [-0.3, -0.25) is 19.4 Å². The van der Waals surface area contributed by atoms with Gasteiger partial charge in [0, 0.05) is 43.3 Å². The highest BCUT2D eigenvalue weighted by Crippen LogP contribution is 2.50. The molecule has 0 saturated heterocycles. The van der Waals surface area contributed by atoms with Crippen LogP contribution in [0, 0.1) is 0 Å². The number of benzene rings is 4. The van der Waals surface area contributed by atoms with Gasteiger partial charge in [0.2, 0.25) is 0 Å². The Bertz CT molecular complexity index is 1910. The zero-order valence-corrected chi connectivity index (χ0v) is 29.6. The third kappa shape index (κ3) is 6.17. The molecule has 4 aromatic carbocycles. The average molecular weight is 680 g/mol. The van der Waals surface area contributed by atoms with Gasteiger partial charge in [0.1, 0.15) is 11.5 Å². The predicted molar refractivity (Wildman–Crippen MR) is 190 cm³/mol. The van der Waals surface area contributed by atoms with E-state index in [0.717, 1.165) is 53.7 Å². The third-order valence-electron chi connectivity index (χ3n) is 10.5. The Labute approximate surface area is 293 Å². The van der Waals surface area contributed by atoms with Gasteiger partial charge in [-0.05, 0) is 110 Å². The SMILES string of the molecule is COc1cc2c3cc1Oc1c(OC)c(CO)cc4c1[C@H](Cc1ccc(cc1)Oc1cc(ccc1C(=O)N(C)OC)C[C@H]3N(C)CC2)N(C)CC4. The number of hydroxylamine groups is 2. The van der Waals surface area contributed by atoms with Crippen LogP contribution in [0.3, 0.4) is 0 Å². The molecule has 4 heterocycles. The molecular formula is C40H45N3O7. The van der Waals surface area contributed by atoms with Crippen molar-refractivity contribution < 1.29 is 33.7 Å². The van der Waals surface area contributed by atoms with Crippen LogP contribution in [0.15, 0.2) is 60.7 Å². The van der Waals surface area contributed by atoms with Crippen LogP contribution in [0.2, 0.25) is 0 Å². The van der Waals surface area contributed by atoms with E-state index in [4.69, 9.17) is 23.8 Å². The fraction of sp³-hybridized carbons (Fsp3) is 0.375. The molecule has 0 spiro atoms. The van der Waals surface area contributed by atoms with E-state index in [2.05, 4.69) is 54.2 Å². The van der Waals surface area contributed by atoms with Gasteiger partial charge in [-0.15, -0.1) is 0 Å². The van der Waals surface area contributed by atoms with E-state index < -0.39 is 0 Å². The zero-order valence-electron chi connectivity index (χ0n) is 29.6. The Kier molecular flexibility index (Phi) is 9.45. The normalized spacial score (nSPS) is 18.6. The Morgan fingerprint density at radius 1 is 0.840 bits per heavy atom. The lowest BCUT2D eigenvalue weighted by Crippen LogP contribution is -2.34. The van der Waals surface area contributed by atoms with Crippen LogP contribution in [0.25, 0.3) is 0 Å². The van der Waals surface area contributed by atoms with E-state index >= 15 is 0 Å². The van der Waals surface area contributed by atoms with Crippen LogP contribution in [0.5, 0.6) is 34.5 Å². The van der Waals surface area contributed by atoms with E-state index in [1.807, 2.05) is 30.3 Å². The minimum absolute atomic E-state index is 0.0136. The molecule has 8 rings (SSSR count). The summed E-state index contributed by atoms with van der Waals surface area (Å²) in [6.07, 6.45) is 3.05. The van der Waals surface area contributed by atoms with Gasteiger partial charge < -0.3 is 24.1 Å². The monoisotopic (exact) mass is 679 g/mol. The number of nitrogens with zero attached hydrogens (tertiary/aromatic N) is 3. The van der Waals surface area contributed by atoms with Crippen molar-refractivity contribution in [1.29, 1.82) is 0 Å². The largest absolute Gasteiger partial charge is 0.493 e. The Hall–Kier alpha value is -4.61. The predicted octanol–water partition coefficient (Wildman–Crippen LogP) is 6.27. The second kappa shape index (κ2) is 14.0. The molecule has 4 aliphatic rings. The lowest BCUT2D eigenvalue weighted by molar-refractivity contribution is -0.0758. The van der Waals surface area contributed by atoms with E-state index in [1.165, 1.54) is 17.7 Å². The minimum atomic E-state index is -0.295. The summed E-state index contributed by atoms with van der Waals surface area (Å²) < 4.78 is 25.5. The number of fused-ring (bicyclic) bond motifs is 2. The molecule has 1 amide bonds. The van der Waals surface area contributed by atoms with Gasteiger partial charge in [-0.25, -0.2) is 5.06 Å². The van der Waals surface area contributed by atoms with Crippen molar-refractivity contribution in [2.24, 2.45) is 0 Å². The Balaban J connectivity index is 1.44. The summed E-state index contributed by atoms with van der Waals surface area (Å²) in [5.74, 6) is 3.18. The number of aliphatic hydroxyl groups excluding tert-OH is 1. The van der Waals surface area contributed by atoms with E-state index in [1.54, 1.807) is 21.3 Å². The highest BCUT2D eigenvalue weighted by atomic mass is 16.7. The summed E-state index contributed by atoms with van der Waals surface area (Å²) >= 11 is 0. The molecule has 10 heteroatoms. The molecule has 4 aliphatic heterocycles. The van der Waals surface area contributed by atoms with Crippen LogP contribution in [-0.4, -0.2) is 81.4 Å². The second-order valence-electron chi connectivity index (χ2n) is 13.4. The maximum Gasteiger partial charge on any atom is 0.280 e. The number of rotatable bonds is 5. The van der Waals surface area contributed by atoms with Gasteiger partial charge in [-0.1, -0.05) is 18.2 Å². The number of hydrogen-bond donors (Lipinski definition) is 1. The van der Waals surface area contributed by atoms with Crippen molar-refractivity contribution in [2.75, 3.05) is 55.6 Å². The smallest absolute Gasteiger partial charge is 0.280 e. The molecule has 262 valence electrons. The van der Waals surface area contributed by atoms with Crippen molar-refractivity contribution in [3.8, 4) is 34.5 Å². The summed E-state index contributed by atoms with van der Waals surface area (Å²) in [6, 6.07) is 20.1. The number of carbonyl (C=O) groups excluding carboxylic acids is 1. The molecular weight excluding hydrogens is 634 g/mol. The average Bonchev–Trinajstić information content (AvgIpc) is 3.13. The van der Waals surface area contributed by atoms with E-state index in [9.17, 15) is 9.90 Å². The van der Waals surface area contributed by atoms with Crippen molar-refractivity contribution in [2.45, 2.75) is 44.4 Å². The van der Waals surface area contributed by atoms with Gasteiger partial charge in [0.05, 0.1) is 33.5 Å². The molecule has 0 aliphatic carbocycles. The van der Waals surface area contributed by atoms with Gasteiger partial charge in [0.15, 0.2) is 23.0 Å². The van der Waals surface area contributed by atoms with Crippen LogP contribution in [-0.2, 0) is 37.1 Å². The maximum atomic E-state index is 13.4. The molecule has 2 atom stereocenters. The minimum Gasteiger partial charge on any atom is -0.493 e. The van der Waals surface area contributed by atoms with Crippen LogP contribution >= 0.6 is 0 Å². The number of ether oxygens (including phenoxy) is 4. The highest BCUT2D eigenvalue weighted by molar-refractivity contribution is 5.96. The highest BCUT2D eigenvalue weighted by Gasteiger charge is 2.34. The lowest BCUT2D eigenvalue weighted by atomic mass is 9.86. The van der Waals surface area contributed by atoms with Gasteiger partial charge in [0.25, 0.3) is 5.91 Å². The molecule has 0 aromatic heterocycles. The summed E-state index contributed by atoms with van der Waals surface area (Å²) in [5, 5.41) is 11.7. The molecule has 0 fully saturated rings. The number of hydrogen-bond acceptors (Lipinski definition) is 9. The second-order valence-corrected chi connectivity index (χ2v) is 13.4. The number of methoxy groups -OCH3 is 2. The zero-order chi connectivity index (χ0) is 35.1. The quantitative estimate of drug-likeness (QED) is 0.245. The summed E-state index contributed by atoms with van der Waals surface area (Å²) in [4.78, 5) is 23.3. The number of amides is 1. The molecule has 4 aromatic rings. The molecule has 0 unspecified atom stereocenters. The van der Waals surface area contributed by atoms with Gasteiger partial charge >= 0.3 is 0 Å². The van der Waals surface area contributed by atoms with Crippen molar-refractivity contribution >= 4 is 5.91 Å². The van der Waals surface area contributed by atoms with Crippen molar-refractivity contribution in [3.63, 3.8) is 0 Å². The fourth-order valence-electron chi connectivity index (χ4n) is 7.64. The first-order chi connectivity index (χ1) is 24.2. The summed E-state index contributed by atoms with van der Waals surface area (Å²) in [6.45, 7) is 1.56. The molecule has 0 radical (unpaired) electrons. The molecule has 50 heavy (non-hydrogen) atoms. The first-order valence-electron chi connectivity index (χ1n) is 17.1. The van der Waals surface area contributed by atoms with Gasteiger partial charge in [-0.2, -0.15) is 0 Å². The molecule has 0 saturated carbocycles.